The second kappa shape index (κ2) is 13.4. The topological polar surface area (TPSA) is 110 Å². The Morgan fingerprint density at radius 2 is 1.48 bits per heavy atom. The maximum Gasteiger partial charge on any atom is 0.411 e. The number of nitrogens with zero attached hydrogens (tertiary/aromatic N) is 2. The van der Waals surface area contributed by atoms with Crippen LogP contribution in [0.15, 0.2) is 90.0 Å². The smallest absolute Gasteiger partial charge is 0.411 e. The van der Waals surface area contributed by atoms with Gasteiger partial charge in [0.2, 0.25) is 0 Å². The van der Waals surface area contributed by atoms with Gasteiger partial charge in [-0.1, -0.05) is 18.2 Å². The van der Waals surface area contributed by atoms with Crippen LogP contribution in [0.3, 0.4) is 0 Å². The van der Waals surface area contributed by atoms with Gasteiger partial charge in [0, 0.05) is 50.9 Å². The van der Waals surface area contributed by atoms with Crippen molar-refractivity contribution in [2.24, 2.45) is 0 Å². The highest BCUT2D eigenvalue weighted by Crippen LogP contribution is 2.35. The minimum Gasteiger partial charge on any atom is -0.458 e. The molecule has 3 aromatic carbocycles. The molecule has 0 spiro atoms. The number of aromatic nitrogens is 1. The number of para-hydroxylation sites is 1. The molecule has 4 aromatic rings. The van der Waals surface area contributed by atoms with E-state index in [2.05, 4.69) is 15.6 Å². The van der Waals surface area contributed by atoms with Crippen LogP contribution in [0.4, 0.5) is 21.9 Å². The SMILES string of the molecule is CC(C)(C)OC(=O)C1CC(Sc2ccc(NC(=O)c3ccc(Nc4ccnc5ccccc45)cc3)cc2)CN1C(=O)OC(C)(C)C. The second-order valence-electron chi connectivity index (χ2n) is 13.2. The predicted molar refractivity (Wildman–Crippen MR) is 183 cm³/mol. The first kappa shape index (κ1) is 32.8. The zero-order valence-electron chi connectivity index (χ0n) is 27.0. The molecule has 1 aliphatic heterocycles. The number of hydrogen-bond acceptors (Lipinski definition) is 8. The number of benzene rings is 3. The predicted octanol–water partition coefficient (Wildman–Crippen LogP) is 8.04. The summed E-state index contributed by atoms with van der Waals surface area (Å²) in [5, 5.41) is 7.34. The largest absolute Gasteiger partial charge is 0.458 e. The van der Waals surface area contributed by atoms with Crippen molar-refractivity contribution in [3.63, 3.8) is 0 Å². The van der Waals surface area contributed by atoms with E-state index >= 15 is 0 Å². The molecule has 0 saturated carbocycles. The van der Waals surface area contributed by atoms with Gasteiger partial charge in [-0.2, -0.15) is 0 Å². The first-order chi connectivity index (χ1) is 21.7. The third-order valence-corrected chi connectivity index (χ3v) is 8.28. The second-order valence-corrected chi connectivity index (χ2v) is 14.6. The van der Waals surface area contributed by atoms with E-state index in [0.717, 1.165) is 27.2 Å². The number of pyridine rings is 1. The summed E-state index contributed by atoms with van der Waals surface area (Å²) in [7, 11) is 0. The highest BCUT2D eigenvalue weighted by molar-refractivity contribution is 8.00. The monoisotopic (exact) mass is 640 g/mol. The van der Waals surface area contributed by atoms with Crippen LogP contribution in [-0.4, -0.2) is 56.9 Å². The number of amides is 2. The van der Waals surface area contributed by atoms with E-state index in [4.69, 9.17) is 9.47 Å². The summed E-state index contributed by atoms with van der Waals surface area (Å²) in [6.45, 7) is 11.2. The van der Waals surface area contributed by atoms with E-state index in [1.807, 2.05) is 87.5 Å². The van der Waals surface area contributed by atoms with Crippen molar-refractivity contribution >= 4 is 57.7 Å². The van der Waals surface area contributed by atoms with Crippen LogP contribution < -0.4 is 10.6 Å². The Labute approximate surface area is 274 Å². The van der Waals surface area contributed by atoms with Crippen LogP contribution in [0.1, 0.15) is 58.3 Å². The van der Waals surface area contributed by atoms with Gasteiger partial charge in [0.05, 0.1) is 5.52 Å². The third kappa shape index (κ3) is 8.57. The molecule has 1 saturated heterocycles. The molecule has 2 unspecified atom stereocenters. The fourth-order valence-corrected chi connectivity index (χ4v) is 6.27. The first-order valence-corrected chi connectivity index (χ1v) is 16.1. The summed E-state index contributed by atoms with van der Waals surface area (Å²) < 4.78 is 11.2. The van der Waals surface area contributed by atoms with Gasteiger partial charge in [0.15, 0.2) is 0 Å². The zero-order valence-corrected chi connectivity index (χ0v) is 27.8. The minimum absolute atomic E-state index is 0.0391. The van der Waals surface area contributed by atoms with Crippen molar-refractivity contribution in [1.29, 1.82) is 0 Å². The normalized spacial score (nSPS) is 16.6. The molecule has 240 valence electrons. The lowest BCUT2D eigenvalue weighted by Crippen LogP contribution is -2.45. The molecule has 2 amide bonds. The lowest BCUT2D eigenvalue weighted by molar-refractivity contribution is -0.160. The number of thioether (sulfide) groups is 1. The lowest BCUT2D eigenvalue weighted by Gasteiger charge is -2.29. The van der Waals surface area contributed by atoms with Crippen LogP contribution in [0, 0.1) is 0 Å². The van der Waals surface area contributed by atoms with E-state index in [9.17, 15) is 14.4 Å². The fourth-order valence-electron chi connectivity index (χ4n) is 5.08. The molecule has 2 heterocycles. The molecule has 0 radical (unpaired) electrons. The number of rotatable bonds is 7. The van der Waals surface area contributed by atoms with Crippen molar-refractivity contribution in [3.05, 3.63) is 90.6 Å². The molecule has 46 heavy (non-hydrogen) atoms. The van der Waals surface area contributed by atoms with Gasteiger partial charge in [-0.3, -0.25) is 14.7 Å². The molecule has 1 fully saturated rings. The maximum absolute atomic E-state index is 13.0. The van der Waals surface area contributed by atoms with E-state index in [-0.39, 0.29) is 11.2 Å². The molecule has 0 aliphatic carbocycles. The molecular weight excluding hydrogens is 600 g/mol. The number of anilines is 3. The van der Waals surface area contributed by atoms with Gasteiger partial charge >= 0.3 is 12.1 Å². The zero-order chi connectivity index (χ0) is 33.1. The lowest BCUT2D eigenvalue weighted by atomic mass is 10.1. The standard InChI is InChI=1S/C36H40N4O5S/c1-35(2,3)44-33(42)31-21-27(22-40(31)34(43)45-36(4,5)6)46-26-17-15-25(16-18-26)39-32(41)23-11-13-24(14-12-23)38-30-19-20-37-29-10-8-7-9-28(29)30/h7-20,27,31H,21-22H2,1-6H3,(H,37,38)(H,39,41). The summed E-state index contributed by atoms with van der Waals surface area (Å²) in [6, 6.07) is 24.0. The van der Waals surface area contributed by atoms with Crippen molar-refractivity contribution in [1.82, 2.24) is 9.88 Å². The molecule has 9 nitrogen and oxygen atoms in total. The van der Waals surface area contributed by atoms with E-state index in [1.54, 1.807) is 50.9 Å². The third-order valence-electron chi connectivity index (χ3n) is 7.06. The minimum atomic E-state index is -0.726. The number of nitrogens with one attached hydrogen (secondary N) is 2. The number of hydrogen-bond donors (Lipinski definition) is 2. The van der Waals surface area contributed by atoms with Crippen LogP contribution in [0.5, 0.6) is 0 Å². The molecule has 10 heteroatoms. The highest BCUT2D eigenvalue weighted by Gasteiger charge is 2.43. The summed E-state index contributed by atoms with van der Waals surface area (Å²) in [5.41, 5.74) is 2.55. The quantitative estimate of drug-likeness (QED) is 0.195. The van der Waals surface area contributed by atoms with Crippen LogP contribution in [0.25, 0.3) is 10.9 Å². The van der Waals surface area contributed by atoms with E-state index in [1.165, 1.54) is 4.90 Å². The highest BCUT2D eigenvalue weighted by atomic mass is 32.2. The maximum atomic E-state index is 13.0. The van der Waals surface area contributed by atoms with Crippen LogP contribution >= 0.6 is 11.8 Å². The molecule has 0 bridgehead atoms. The van der Waals surface area contributed by atoms with Gasteiger partial charge in [0.1, 0.15) is 17.2 Å². The summed E-state index contributed by atoms with van der Waals surface area (Å²) in [4.78, 5) is 45.8. The summed E-state index contributed by atoms with van der Waals surface area (Å²) >= 11 is 1.58. The van der Waals surface area contributed by atoms with Gasteiger partial charge in [-0.05, 0) is 109 Å². The molecular formula is C36H40N4O5S. The van der Waals surface area contributed by atoms with Gasteiger partial charge < -0.3 is 20.1 Å². The molecule has 2 N–H and O–H groups in total. The number of ether oxygens (including phenoxy) is 2. The number of likely N-dealkylation sites (tertiary alicyclic amines) is 1. The molecule has 1 aliphatic rings. The average molecular weight is 641 g/mol. The first-order valence-electron chi connectivity index (χ1n) is 15.3. The van der Waals surface area contributed by atoms with Crippen LogP contribution in [-0.2, 0) is 14.3 Å². The van der Waals surface area contributed by atoms with Crippen molar-refractivity contribution < 1.29 is 23.9 Å². The van der Waals surface area contributed by atoms with E-state index in [0.29, 0.717) is 24.2 Å². The van der Waals surface area contributed by atoms with Crippen molar-refractivity contribution in [3.8, 4) is 0 Å². The Morgan fingerprint density at radius 3 is 2.15 bits per heavy atom. The summed E-state index contributed by atoms with van der Waals surface area (Å²) in [6.07, 6.45) is 1.68. The Morgan fingerprint density at radius 1 is 0.826 bits per heavy atom. The van der Waals surface area contributed by atoms with Crippen molar-refractivity contribution in [2.75, 3.05) is 17.2 Å². The Kier molecular flexibility index (Phi) is 9.58. The molecule has 5 rings (SSSR count). The Bertz CT molecular complexity index is 1670. The number of carbonyl (C=O) groups excluding carboxylic acids is 3. The molecule has 1 aromatic heterocycles. The number of fused-ring (bicyclic) bond motifs is 1. The average Bonchev–Trinajstić information content (AvgIpc) is 3.41. The molecule has 2 atom stereocenters. The van der Waals surface area contributed by atoms with Gasteiger partial charge in [-0.25, -0.2) is 9.59 Å². The fraction of sp³-hybridized carbons (Fsp3) is 0.333. The van der Waals surface area contributed by atoms with Crippen molar-refractivity contribution in [2.45, 2.75) is 75.4 Å². The number of carbonyl (C=O) groups is 3. The van der Waals surface area contributed by atoms with Gasteiger partial charge in [0.25, 0.3) is 5.91 Å². The Hall–Kier alpha value is -4.57. The van der Waals surface area contributed by atoms with Crippen LogP contribution in [0.2, 0.25) is 0 Å². The van der Waals surface area contributed by atoms with E-state index < -0.39 is 29.3 Å². The Balaban J connectivity index is 1.19. The number of esters is 1. The van der Waals surface area contributed by atoms with Gasteiger partial charge in [-0.15, -0.1) is 11.8 Å². The summed E-state index contributed by atoms with van der Waals surface area (Å²) in [5.74, 6) is -0.653.